The van der Waals surface area contributed by atoms with Crippen LogP contribution in [-0.4, -0.2) is 29.7 Å². The average molecular weight is 305 g/mol. The van der Waals surface area contributed by atoms with E-state index < -0.39 is 0 Å². The topological polar surface area (TPSA) is 29.5 Å². The Morgan fingerprint density at radius 1 is 0.909 bits per heavy atom. The van der Waals surface area contributed by atoms with Gasteiger partial charge in [0.25, 0.3) is 0 Å². The molecular formula is C19H31NO2. The molecule has 2 unspecified atom stereocenters. The molecule has 3 saturated carbocycles. The minimum absolute atomic E-state index is 0.0180. The van der Waals surface area contributed by atoms with E-state index in [1.807, 2.05) is 0 Å². The number of ether oxygens (including phenoxy) is 1. The quantitative estimate of drug-likeness (QED) is 0.708. The van der Waals surface area contributed by atoms with Crippen molar-refractivity contribution in [3.8, 4) is 0 Å². The Labute approximate surface area is 134 Å². The van der Waals surface area contributed by atoms with Gasteiger partial charge in [-0.05, 0) is 69.1 Å². The third-order valence-corrected chi connectivity index (χ3v) is 7.10. The molecule has 124 valence electrons. The lowest BCUT2D eigenvalue weighted by Gasteiger charge is -2.52. The van der Waals surface area contributed by atoms with E-state index in [1.54, 1.807) is 0 Å². The minimum atomic E-state index is -0.185. The number of carbonyl (C=O) groups excluding carboxylic acids is 1. The first-order valence-electron chi connectivity index (χ1n) is 9.63. The van der Waals surface area contributed by atoms with Crippen molar-refractivity contribution < 1.29 is 9.53 Å². The van der Waals surface area contributed by atoms with E-state index in [4.69, 9.17) is 4.74 Å². The van der Waals surface area contributed by atoms with Crippen molar-refractivity contribution in [2.75, 3.05) is 13.1 Å². The highest BCUT2D eigenvalue weighted by Gasteiger charge is 2.46. The standard InChI is InChI=1S/C19H31NO2/c1-19(10-2-3-11-19)22-18(21)20-12-15-8-4-6-14-7-5-9-16(13-20)17(14)15/h14-17H,2-13H2,1H3. The van der Waals surface area contributed by atoms with Crippen LogP contribution in [0.3, 0.4) is 0 Å². The Bertz CT molecular complexity index is 409. The van der Waals surface area contributed by atoms with Crippen molar-refractivity contribution in [3.05, 3.63) is 0 Å². The number of likely N-dealkylation sites (tertiary alicyclic amines) is 1. The van der Waals surface area contributed by atoms with Gasteiger partial charge in [0.1, 0.15) is 5.60 Å². The van der Waals surface area contributed by atoms with Gasteiger partial charge in [-0.1, -0.05) is 25.7 Å². The van der Waals surface area contributed by atoms with Gasteiger partial charge in [-0.25, -0.2) is 4.79 Å². The summed E-state index contributed by atoms with van der Waals surface area (Å²) in [4.78, 5) is 14.8. The first-order valence-corrected chi connectivity index (χ1v) is 9.63. The van der Waals surface area contributed by atoms with E-state index in [1.165, 1.54) is 51.4 Å². The van der Waals surface area contributed by atoms with Crippen molar-refractivity contribution in [1.29, 1.82) is 0 Å². The van der Waals surface area contributed by atoms with Crippen LogP contribution in [0.15, 0.2) is 0 Å². The molecular weight excluding hydrogens is 274 g/mol. The van der Waals surface area contributed by atoms with E-state index in [2.05, 4.69) is 11.8 Å². The molecule has 1 heterocycles. The second-order valence-electron chi connectivity index (χ2n) is 8.65. The van der Waals surface area contributed by atoms with Crippen LogP contribution in [0.25, 0.3) is 0 Å². The summed E-state index contributed by atoms with van der Waals surface area (Å²) in [6.07, 6.45) is 12.8. The molecule has 1 aliphatic heterocycles. The smallest absolute Gasteiger partial charge is 0.410 e. The summed E-state index contributed by atoms with van der Waals surface area (Å²) in [6, 6.07) is 0. The highest BCUT2D eigenvalue weighted by molar-refractivity contribution is 5.68. The molecule has 1 saturated heterocycles. The molecule has 4 rings (SSSR count). The Balaban J connectivity index is 1.44. The zero-order valence-electron chi connectivity index (χ0n) is 14.1. The zero-order valence-corrected chi connectivity index (χ0v) is 14.1. The third-order valence-electron chi connectivity index (χ3n) is 7.10. The maximum absolute atomic E-state index is 12.7. The first-order chi connectivity index (χ1) is 10.6. The summed E-state index contributed by atoms with van der Waals surface area (Å²) in [5.74, 6) is 3.38. The van der Waals surface area contributed by atoms with Gasteiger partial charge in [-0.3, -0.25) is 0 Å². The molecule has 3 aliphatic carbocycles. The SMILES string of the molecule is CC1(OC(=O)N2CC3CCCC4CCCC(C2)C43)CCCC1. The van der Waals surface area contributed by atoms with E-state index >= 15 is 0 Å². The van der Waals surface area contributed by atoms with Crippen LogP contribution >= 0.6 is 0 Å². The lowest BCUT2D eigenvalue weighted by atomic mass is 9.59. The largest absolute Gasteiger partial charge is 0.443 e. The molecule has 0 aromatic heterocycles. The molecule has 22 heavy (non-hydrogen) atoms. The van der Waals surface area contributed by atoms with Crippen LogP contribution in [-0.2, 0) is 4.74 Å². The van der Waals surface area contributed by atoms with Crippen LogP contribution in [0.4, 0.5) is 4.79 Å². The predicted molar refractivity (Wildman–Crippen MR) is 86.6 cm³/mol. The summed E-state index contributed by atoms with van der Waals surface area (Å²) in [5.41, 5.74) is -0.185. The van der Waals surface area contributed by atoms with Gasteiger partial charge in [0, 0.05) is 13.1 Å². The Kier molecular flexibility index (Phi) is 3.86. The van der Waals surface area contributed by atoms with Crippen molar-refractivity contribution in [3.63, 3.8) is 0 Å². The number of nitrogens with zero attached hydrogens (tertiary/aromatic N) is 1. The van der Waals surface area contributed by atoms with Gasteiger partial charge in [0.2, 0.25) is 0 Å². The molecule has 2 atom stereocenters. The van der Waals surface area contributed by atoms with E-state index in [-0.39, 0.29) is 11.7 Å². The van der Waals surface area contributed by atoms with E-state index in [9.17, 15) is 4.79 Å². The first kappa shape index (κ1) is 14.8. The number of amides is 1. The van der Waals surface area contributed by atoms with Crippen molar-refractivity contribution in [2.24, 2.45) is 23.7 Å². The summed E-state index contributed by atoms with van der Waals surface area (Å²) in [7, 11) is 0. The Morgan fingerprint density at radius 3 is 2.05 bits per heavy atom. The maximum Gasteiger partial charge on any atom is 0.410 e. The maximum atomic E-state index is 12.7. The van der Waals surface area contributed by atoms with Crippen LogP contribution in [0, 0.1) is 23.7 Å². The van der Waals surface area contributed by atoms with Gasteiger partial charge >= 0.3 is 6.09 Å². The molecule has 0 aromatic carbocycles. The number of piperidine rings is 1. The molecule has 3 nitrogen and oxygen atoms in total. The highest BCUT2D eigenvalue weighted by Crippen LogP contribution is 2.49. The fourth-order valence-electron chi connectivity index (χ4n) is 6.07. The summed E-state index contributed by atoms with van der Waals surface area (Å²) in [5, 5.41) is 0. The Hall–Kier alpha value is -0.730. The summed E-state index contributed by atoms with van der Waals surface area (Å²) in [6.45, 7) is 4.06. The van der Waals surface area contributed by atoms with Gasteiger partial charge in [-0.2, -0.15) is 0 Å². The second kappa shape index (κ2) is 5.72. The molecule has 1 amide bonds. The molecule has 4 fully saturated rings. The van der Waals surface area contributed by atoms with Crippen LogP contribution < -0.4 is 0 Å². The number of hydrogen-bond acceptors (Lipinski definition) is 2. The zero-order chi connectivity index (χ0) is 15.2. The fraction of sp³-hybridized carbons (Fsp3) is 0.947. The third kappa shape index (κ3) is 2.65. The van der Waals surface area contributed by atoms with Crippen LogP contribution in [0.2, 0.25) is 0 Å². The van der Waals surface area contributed by atoms with E-state index in [0.29, 0.717) is 0 Å². The number of carbonyl (C=O) groups is 1. The van der Waals surface area contributed by atoms with Crippen molar-refractivity contribution in [1.82, 2.24) is 4.90 Å². The molecule has 0 radical (unpaired) electrons. The lowest BCUT2D eigenvalue weighted by molar-refractivity contribution is -0.0477. The average Bonchev–Trinajstić information content (AvgIpc) is 2.94. The fourth-order valence-corrected chi connectivity index (χ4v) is 6.07. The molecule has 0 spiro atoms. The molecule has 0 N–H and O–H groups in total. The molecule has 0 bridgehead atoms. The van der Waals surface area contributed by atoms with Crippen LogP contribution in [0.5, 0.6) is 0 Å². The second-order valence-corrected chi connectivity index (χ2v) is 8.65. The molecule has 3 heteroatoms. The predicted octanol–water partition coefficient (Wildman–Crippen LogP) is 4.60. The Morgan fingerprint density at radius 2 is 1.45 bits per heavy atom. The summed E-state index contributed by atoms with van der Waals surface area (Å²) >= 11 is 0. The van der Waals surface area contributed by atoms with Crippen molar-refractivity contribution in [2.45, 2.75) is 76.7 Å². The number of rotatable bonds is 1. The molecule has 0 aromatic rings. The van der Waals surface area contributed by atoms with Gasteiger partial charge in [-0.15, -0.1) is 0 Å². The van der Waals surface area contributed by atoms with E-state index in [0.717, 1.165) is 49.6 Å². The van der Waals surface area contributed by atoms with Gasteiger partial charge in [0.05, 0.1) is 0 Å². The number of hydrogen-bond donors (Lipinski definition) is 0. The lowest BCUT2D eigenvalue weighted by Crippen LogP contribution is -2.54. The van der Waals surface area contributed by atoms with Gasteiger partial charge < -0.3 is 9.64 Å². The monoisotopic (exact) mass is 305 g/mol. The normalized spacial score (nSPS) is 40.1. The molecule has 4 aliphatic rings. The van der Waals surface area contributed by atoms with Crippen molar-refractivity contribution >= 4 is 6.09 Å². The van der Waals surface area contributed by atoms with Gasteiger partial charge in [0.15, 0.2) is 0 Å². The highest BCUT2D eigenvalue weighted by atomic mass is 16.6. The van der Waals surface area contributed by atoms with Crippen LogP contribution in [0.1, 0.15) is 71.1 Å². The minimum Gasteiger partial charge on any atom is -0.443 e. The summed E-state index contributed by atoms with van der Waals surface area (Å²) < 4.78 is 5.94.